The second-order valence-electron chi connectivity index (χ2n) is 7.86. The van der Waals surface area contributed by atoms with Crippen molar-refractivity contribution in [2.45, 2.75) is 45.3 Å². The molecule has 2 aromatic rings. The number of rotatable bonds is 7. The van der Waals surface area contributed by atoms with Crippen molar-refractivity contribution in [2.24, 2.45) is 0 Å². The number of aromatic nitrogens is 2. The van der Waals surface area contributed by atoms with Crippen LogP contribution in [0.5, 0.6) is 0 Å². The number of piperidine rings is 1. The molecule has 29 heavy (non-hydrogen) atoms. The molecule has 6 nitrogen and oxygen atoms in total. The highest BCUT2D eigenvalue weighted by molar-refractivity contribution is 5.65. The minimum absolute atomic E-state index is 0.382. The van der Waals surface area contributed by atoms with Gasteiger partial charge in [-0.05, 0) is 12.8 Å². The van der Waals surface area contributed by atoms with E-state index in [1.165, 1.54) is 0 Å². The minimum atomic E-state index is -0.382. The summed E-state index contributed by atoms with van der Waals surface area (Å²) in [6.07, 6.45) is 3.91. The molecule has 156 valence electrons. The van der Waals surface area contributed by atoms with Crippen LogP contribution in [-0.4, -0.2) is 55.1 Å². The predicted octanol–water partition coefficient (Wildman–Crippen LogP) is 4.11. The second kappa shape index (κ2) is 9.09. The molecule has 0 aliphatic carbocycles. The fourth-order valence-electron chi connectivity index (χ4n) is 4.20. The summed E-state index contributed by atoms with van der Waals surface area (Å²) < 4.78 is 11.8. The highest BCUT2D eigenvalue weighted by Crippen LogP contribution is 2.33. The summed E-state index contributed by atoms with van der Waals surface area (Å²) in [5, 5.41) is 0. The Kier molecular flexibility index (Phi) is 6.31. The third-order valence-electron chi connectivity index (χ3n) is 5.70. The Bertz CT molecular complexity index is 777. The number of benzene rings is 1. The largest absolute Gasteiger partial charge is 0.356 e. The van der Waals surface area contributed by atoms with Crippen LogP contribution in [0.25, 0.3) is 11.3 Å². The van der Waals surface area contributed by atoms with Gasteiger partial charge in [-0.1, -0.05) is 44.2 Å². The van der Waals surface area contributed by atoms with Crippen molar-refractivity contribution in [1.29, 1.82) is 0 Å². The van der Waals surface area contributed by atoms with Gasteiger partial charge in [0.25, 0.3) is 0 Å². The number of ether oxygens (including phenoxy) is 2. The Morgan fingerprint density at radius 2 is 1.62 bits per heavy atom. The minimum Gasteiger partial charge on any atom is -0.356 e. The summed E-state index contributed by atoms with van der Waals surface area (Å²) in [4.78, 5) is 14.6. The van der Waals surface area contributed by atoms with Gasteiger partial charge in [0.05, 0.1) is 18.9 Å². The van der Waals surface area contributed by atoms with Crippen molar-refractivity contribution in [3.05, 3.63) is 36.4 Å². The quantitative estimate of drug-likeness (QED) is 0.702. The first-order valence-electron chi connectivity index (χ1n) is 11.0. The van der Waals surface area contributed by atoms with Crippen LogP contribution in [0.1, 0.15) is 39.5 Å². The molecule has 1 aromatic heterocycles. The van der Waals surface area contributed by atoms with E-state index in [2.05, 4.69) is 54.0 Å². The molecule has 1 aromatic carbocycles. The first kappa shape index (κ1) is 20.1. The van der Waals surface area contributed by atoms with Crippen LogP contribution in [0.4, 0.5) is 11.8 Å². The smallest absolute Gasteiger partial charge is 0.227 e. The molecule has 2 saturated heterocycles. The first-order chi connectivity index (χ1) is 14.2. The number of hydrogen-bond acceptors (Lipinski definition) is 6. The first-order valence-corrected chi connectivity index (χ1v) is 11.0. The van der Waals surface area contributed by atoms with E-state index in [-0.39, 0.29) is 5.79 Å². The van der Waals surface area contributed by atoms with E-state index in [1.807, 2.05) is 6.07 Å². The summed E-state index contributed by atoms with van der Waals surface area (Å²) in [6.45, 7) is 9.54. The zero-order valence-electron chi connectivity index (χ0n) is 17.6. The molecular weight excluding hydrogens is 364 g/mol. The molecule has 3 heterocycles. The van der Waals surface area contributed by atoms with Crippen LogP contribution in [0.3, 0.4) is 0 Å². The van der Waals surface area contributed by atoms with Gasteiger partial charge in [-0.2, -0.15) is 4.98 Å². The van der Waals surface area contributed by atoms with Gasteiger partial charge in [0.15, 0.2) is 5.79 Å². The lowest BCUT2D eigenvalue weighted by molar-refractivity contribution is -0.169. The number of anilines is 2. The van der Waals surface area contributed by atoms with Gasteiger partial charge < -0.3 is 19.3 Å². The van der Waals surface area contributed by atoms with Gasteiger partial charge >= 0.3 is 0 Å². The summed E-state index contributed by atoms with van der Waals surface area (Å²) in [5.41, 5.74) is 2.11. The molecule has 2 aliphatic rings. The van der Waals surface area contributed by atoms with Gasteiger partial charge in [-0.25, -0.2) is 4.98 Å². The fourth-order valence-corrected chi connectivity index (χ4v) is 4.20. The molecule has 0 saturated carbocycles. The van der Waals surface area contributed by atoms with E-state index in [4.69, 9.17) is 19.4 Å². The van der Waals surface area contributed by atoms with Crippen LogP contribution in [0.15, 0.2) is 36.4 Å². The molecule has 1 spiro atoms. The molecule has 0 atom stereocenters. The highest BCUT2D eigenvalue weighted by Gasteiger charge is 2.40. The fraction of sp³-hybridized carbons (Fsp3) is 0.565. The van der Waals surface area contributed by atoms with Gasteiger partial charge in [0.2, 0.25) is 5.95 Å². The lowest BCUT2D eigenvalue weighted by atomic mass is 10.0. The number of hydrogen-bond donors (Lipinski definition) is 0. The molecular formula is C23H32N4O2. The lowest BCUT2D eigenvalue weighted by Crippen LogP contribution is -2.45. The maximum atomic E-state index is 5.89. The van der Waals surface area contributed by atoms with Crippen molar-refractivity contribution in [3.8, 4) is 11.3 Å². The molecule has 0 N–H and O–H groups in total. The van der Waals surface area contributed by atoms with Crippen molar-refractivity contribution in [2.75, 3.05) is 49.2 Å². The predicted molar refractivity (Wildman–Crippen MR) is 116 cm³/mol. The molecule has 0 bridgehead atoms. The molecule has 6 heteroatoms. The molecule has 0 amide bonds. The Balaban J connectivity index is 1.64. The van der Waals surface area contributed by atoms with E-state index in [0.29, 0.717) is 13.2 Å². The van der Waals surface area contributed by atoms with Crippen LogP contribution in [0, 0.1) is 0 Å². The van der Waals surface area contributed by atoms with E-state index in [9.17, 15) is 0 Å². The van der Waals surface area contributed by atoms with E-state index >= 15 is 0 Å². The third kappa shape index (κ3) is 4.54. The van der Waals surface area contributed by atoms with Crippen molar-refractivity contribution >= 4 is 11.8 Å². The maximum Gasteiger partial charge on any atom is 0.227 e. The topological polar surface area (TPSA) is 50.7 Å². The molecule has 4 rings (SSSR count). The van der Waals surface area contributed by atoms with E-state index in [0.717, 1.165) is 74.9 Å². The van der Waals surface area contributed by atoms with Crippen LogP contribution in [0.2, 0.25) is 0 Å². The summed E-state index contributed by atoms with van der Waals surface area (Å²) in [6, 6.07) is 12.5. The van der Waals surface area contributed by atoms with Crippen molar-refractivity contribution < 1.29 is 9.47 Å². The van der Waals surface area contributed by atoms with E-state index < -0.39 is 0 Å². The summed E-state index contributed by atoms with van der Waals surface area (Å²) >= 11 is 0. The lowest BCUT2D eigenvalue weighted by Gasteiger charge is -2.38. The third-order valence-corrected chi connectivity index (χ3v) is 5.70. The Morgan fingerprint density at radius 3 is 2.24 bits per heavy atom. The monoisotopic (exact) mass is 396 g/mol. The molecule has 2 fully saturated rings. The van der Waals surface area contributed by atoms with Crippen LogP contribution >= 0.6 is 0 Å². The summed E-state index contributed by atoms with van der Waals surface area (Å²) in [5.74, 6) is 1.45. The van der Waals surface area contributed by atoms with Crippen LogP contribution < -0.4 is 9.80 Å². The van der Waals surface area contributed by atoms with E-state index in [1.54, 1.807) is 0 Å². The Labute approximate surface area is 173 Å². The summed E-state index contributed by atoms with van der Waals surface area (Å²) in [7, 11) is 0. The molecule has 2 aliphatic heterocycles. The standard InChI is InChI=1S/C23H32N4O2/c1-3-12-26(13-4-2)21-18-20(19-8-6-5-7-9-19)24-22(25-21)27-14-10-23(11-15-27)28-16-17-29-23/h5-9,18H,3-4,10-17H2,1-2H3. The molecule has 0 radical (unpaired) electrons. The SMILES string of the molecule is CCCN(CCC)c1cc(-c2ccccc2)nc(N2CCC3(CC2)OCCO3)n1. The van der Waals surface area contributed by atoms with Gasteiger partial charge in [0, 0.05) is 50.7 Å². The average molecular weight is 397 g/mol. The molecule has 0 unspecified atom stereocenters. The van der Waals surface area contributed by atoms with Crippen LogP contribution in [-0.2, 0) is 9.47 Å². The maximum absolute atomic E-state index is 5.89. The zero-order chi connectivity index (χ0) is 20.1. The van der Waals surface area contributed by atoms with Crippen molar-refractivity contribution in [1.82, 2.24) is 9.97 Å². The number of nitrogens with zero attached hydrogens (tertiary/aromatic N) is 4. The zero-order valence-corrected chi connectivity index (χ0v) is 17.6. The van der Waals surface area contributed by atoms with Gasteiger partial charge in [0.1, 0.15) is 5.82 Å². The van der Waals surface area contributed by atoms with Gasteiger partial charge in [-0.15, -0.1) is 0 Å². The normalized spacial score (nSPS) is 18.3. The highest BCUT2D eigenvalue weighted by atomic mass is 16.7. The Hall–Kier alpha value is -2.18. The Morgan fingerprint density at radius 1 is 0.966 bits per heavy atom. The van der Waals surface area contributed by atoms with Crippen molar-refractivity contribution in [3.63, 3.8) is 0 Å². The van der Waals surface area contributed by atoms with Gasteiger partial charge in [-0.3, -0.25) is 0 Å². The second-order valence-corrected chi connectivity index (χ2v) is 7.86. The average Bonchev–Trinajstić information content (AvgIpc) is 3.22.